The van der Waals surface area contributed by atoms with E-state index in [-0.39, 0.29) is 11.9 Å². The average Bonchev–Trinajstić information content (AvgIpc) is 2.81. The van der Waals surface area contributed by atoms with E-state index in [1.54, 1.807) is 17.4 Å². The molecule has 19 heavy (non-hydrogen) atoms. The lowest BCUT2D eigenvalue weighted by molar-refractivity contribution is 0.560. The molecular formula is C16H22FNS. The van der Waals surface area contributed by atoms with Crippen LogP contribution in [0.1, 0.15) is 56.4 Å². The highest BCUT2D eigenvalue weighted by atomic mass is 32.1. The van der Waals surface area contributed by atoms with Gasteiger partial charge in [-0.25, -0.2) is 4.39 Å². The summed E-state index contributed by atoms with van der Waals surface area (Å²) < 4.78 is 14.1. The molecule has 0 bridgehead atoms. The highest BCUT2D eigenvalue weighted by Crippen LogP contribution is 2.31. The molecule has 1 unspecified atom stereocenters. The van der Waals surface area contributed by atoms with Crippen molar-refractivity contribution in [2.24, 2.45) is 5.73 Å². The summed E-state index contributed by atoms with van der Waals surface area (Å²) in [6.45, 7) is 2.22. The van der Waals surface area contributed by atoms with E-state index in [1.807, 2.05) is 6.07 Å². The van der Waals surface area contributed by atoms with Crippen LogP contribution in [0, 0.1) is 5.82 Å². The predicted molar refractivity (Wildman–Crippen MR) is 82.1 cm³/mol. The van der Waals surface area contributed by atoms with Gasteiger partial charge >= 0.3 is 0 Å². The van der Waals surface area contributed by atoms with Crippen LogP contribution in [0.5, 0.6) is 0 Å². The van der Waals surface area contributed by atoms with Crippen molar-refractivity contribution in [3.05, 3.63) is 35.0 Å². The minimum Gasteiger partial charge on any atom is -0.323 e. The number of fused-ring (bicyclic) bond motifs is 1. The molecule has 2 rings (SSSR count). The smallest absolute Gasteiger partial charge is 0.124 e. The van der Waals surface area contributed by atoms with Gasteiger partial charge in [-0.15, -0.1) is 11.3 Å². The number of thiophene rings is 1. The molecule has 1 atom stereocenters. The number of rotatable bonds is 7. The van der Waals surface area contributed by atoms with Crippen LogP contribution in [0.15, 0.2) is 24.3 Å². The van der Waals surface area contributed by atoms with E-state index >= 15 is 0 Å². The van der Waals surface area contributed by atoms with Gasteiger partial charge in [-0.2, -0.15) is 0 Å². The second-order valence-corrected chi connectivity index (χ2v) is 6.26. The van der Waals surface area contributed by atoms with E-state index < -0.39 is 0 Å². The van der Waals surface area contributed by atoms with Gasteiger partial charge in [0.25, 0.3) is 0 Å². The molecule has 0 aliphatic carbocycles. The predicted octanol–water partition coefficient (Wildman–Crippen LogP) is 5.40. The van der Waals surface area contributed by atoms with Crippen molar-refractivity contribution in [3.8, 4) is 0 Å². The number of hydrogen-bond acceptors (Lipinski definition) is 2. The SMILES string of the molecule is CCCCCCCC(N)c1cc2ccc(F)cc2s1. The monoisotopic (exact) mass is 279 g/mol. The standard InChI is InChI=1S/C16H22FNS/c1-2-3-4-5-6-7-14(18)16-10-12-8-9-13(17)11-15(12)19-16/h8-11,14H,2-7,18H2,1H3. The maximum Gasteiger partial charge on any atom is 0.124 e. The summed E-state index contributed by atoms with van der Waals surface area (Å²) in [6.07, 6.45) is 7.37. The number of benzene rings is 1. The number of nitrogens with two attached hydrogens (primary N) is 1. The van der Waals surface area contributed by atoms with E-state index in [0.717, 1.165) is 16.5 Å². The Kier molecular flexibility index (Phi) is 5.34. The largest absolute Gasteiger partial charge is 0.323 e. The highest BCUT2D eigenvalue weighted by molar-refractivity contribution is 7.19. The van der Waals surface area contributed by atoms with E-state index in [4.69, 9.17) is 5.73 Å². The highest BCUT2D eigenvalue weighted by Gasteiger charge is 2.10. The fourth-order valence-electron chi connectivity index (χ4n) is 2.32. The first-order chi connectivity index (χ1) is 9.20. The zero-order chi connectivity index (χ0) is 13.7. The maximum atomic E-state index is 13.1. The lowest BCUT2D eigenvalue weighted by atomic mass is 10.1. The summed E-state index contributed by atoms with van der Waals surface area (Å²) in [5.74, 6) is -0.172. The molecule has 0 radical (unpaired) electrons. The third-order valence-corrected chi connectivity index (χ3v) is 4.72. The van der Waals surface area contributed by atoms with Crippen LogP contribution in [0.3, 0.4) is 0 Å². The molecule has 3 heteroatoms. The van der Waals surface area contributed by atoms with Crippen LogP contribution in [-0.4, -0.2) is 0 Å². The molecule has 0 saturated carbocycles. The molecule has 104 valence electrons. The lowest BCUT2D eigenvalue weighted by Crippen LogP contribution is -2.08. The number of hydrogen-bond donors (Lipinski definition) is 1. The van der Waals surface area contributed by atoms with E-state index in [9.17, 15) is 4.39 Å². The summed E-state index contributed by atoms with van der Waals surface area (Å²) in [5, 5.41) is 1.10. The van der Waals surface area contributed by atoms with Gasteiger partial charge in [0.15, 0.2) is 0 Å². The molecule has 0 spiro atoms. The molecule has 2 N–H and O–H groups in total. The lowest BCUT2D eigenvalue weighted by Gasteiger charge is -2.08. The topological polar surface area (TPSA) is 26.0 Å². The zero-order valence-corrected chi connectivity index (χ0v) is 12.3. The Morgan fingerprint density at radius 2 is 1.95 bits per heavy atom. The van der Waals surface area contributed by atoms with Crippen molar-refractivity contribution in [2.45, 2.75) is 51.5 Å². The first-order valence-corrected chi connectivity index (χ1v) is 7.97. The normalized spacial score (nSPS) is 13.0. The third-order valence-electron chi connectivity index (χ3n) is 3.49. The minimum atomic E-state index is -0.172. The van der Waals surface area contributed by atoms with Gasteiger partial charge in [-0.1, -0.05) is 45.1 Å². The fourth-order valence-corrected chi connectivity index (χ4v) is 3.44. The van der Waals surface area contributed by atoms with E-state index in [1.165, 1.54) is 43.0 Å². The first-order valence-electron chi connectivity index (χ1n) is 7.15. The second kappa shape index (κ2) is 7.01. The Bertz CT molecular complexity index is 520. The maximum absolute atomic E-state index is 13.1. The molecule has 0 fully saturated rings. The molecule has 1 nitrogen and oxygen atoms in total. The van der Waals surface area contributed by atoms with Gasteiger partial charge in [0.05, 0.1) is 0 Å². The second-order valence-electron chi connectivity index (χ2n) is 5.14. The van der Waals surface area contributed by atoms with E-state index in [2.05, 4.69) is 13.0 Å². The van der Waals surface area contributed by atoms with E-state index in [0.29, 0.717) is 0 Å². The summed E-state index contributed by atoms with van der Waals surface area (Å²) in [7, 11) is 0. The van der Waals surface area contributed by atoms with Crippen molar-refractivity contribution in [1.29, 1.82) is 0 Å². The average molecular weight is 279 g/mol. The van der Waals surface area contributed by atoms with Crippen LogP contribution >= 0.6 is 11.3 Å². The molecule has 1 aromatic carbocycles. The van der Waals surface area contributed by atoms with Crippen LogP contribution in [0.25, 0.3) is 10.1 Å². The van der Waals surface area contributed by atoms with Crippen LogP contribution in [0.2, 0.25) is 0 Å². The summed E-state index contributed by atoms with van der Waals surface area (Å²) in [6, 6.07) is 7.14. The van der Waals surface area contributed by atoms with Crippen molar-refractivity contribution < 1.29 is 4.39 Å². The zero-order valence-electron chi connectivity index (χ0n) is 11.5. The van der Waals surface area contributed by atoms with Crippen LogP contribution in [-0.2, 0) is 0 Å². The Balaban J connectivity index is 1.91. The molecule has 1 heterocycles. The molecule has 1 aromatic heterocycles. The van der Waals surface area contributed by atoms with Crippen molar-refractivity contribution in [1.82, 2.24) is 0 Å². The minimum absolute atomic E-state index is 0.0992. The quantitative estimate of drug-likeness (QED) is 0.675. The first kappa shape index (κ1) is 14.5. The van der Waals surface area contributed by atoms with Crippen molar-refractivity contribution in [3.63, 3.8) is 0 Å². The van der Waals surface area contributed by atoms with Crippen molar-refractivity contribution in [2.75, 3.05) is 0 Å². The molecular weight excluding hydrogens is 257 g/mol. The Morgan fingerprint density at radius 3 is 2.74 bits per heavy atom. The Hall–Kier alpha value is -0.930. The van der Waals surface area contributed by atoms with Gasteiger partial charge in [-0.3, -0.25) is 0 Å². The van der Waals surface area contributed by atoms with Gasteiger partial charge in [0, 0.05) is 15.6 Å². The van der Waals surface area contributed by atoms with Gasteiger partial charge in [0.1, 0.15) is 5.82 Å². The van der Waals surface area contributed by atoms with Gasteiger partial charge in [0.2, 0.25) is 0 Å². The fraction of sp³-hybridized carbons (Fsp3) is 0.500. The van der Waals surface area contributed by atoms with Crippen LogP contribution in [0.4, 0.5) is 4.39 Å². The molecule has 0 saturated heterocycles. The molecule has 0 amide bonds. The Labute approximate surface area is 118 Å². The molecule has 0 aliphatic heterocycles. The number of unbranched alkanes of at least 4 members (excludes halogenated alkanes) is 4. The summed E-state index contributed by atoms with van der Waals surface area (Å²) in [5.41, 5.74) is 6.23. The third kappa shape index (κ3) is 4.02. The molecule has 0 aliphatic rings. The van der Waals surface area contributed by atoms with Crippen molar-refractivity contribution >= 4 is 21.4 Å². The number of halogens is 1. The summed E-state index contributed by atoms with van der Waals surface area (Å²) in [4.78, 5) is 1.18. The Morgan fingerprint density at radius 1 is 1.16 bits per heavy atom. The summed E-state index contributed by atoms with van der Waals surface area (Å²) >= 11 is 1.62. The molecule has 2 aromatic rings. The van der Waals surface area contributed by atoms with Gasteiger partial charge < -0.3 is 5.73 Å². The van der Waals surface area contributed by atoms with Gasteiger partial charge in [-0.05, 0) is 30.0 Å². The van der Waals surface area contributed by atoms with Crippen LogP contribution < -0.4 is 5.73 Å².